The topological polar surface area (TPSA) is 58.6 Å². The Morgan fingerprint density at radius 2 is 2.00 bits per heavy atom. The van der Waals surface area contributed by atoms with Gasteiger partial charge >= 0.3 is 0 Å². The molecule has 1 amide bonds. The highest BCUT2D eigenvalue weighted by Crippen LogP contribution is 2.22. The molecule has 0 saturated heterocycles. The lowest BCUT2D eigenvalue weighted by molar-refractivity contribution is 0.0941. The van der Waals surface area contributed by atoms with Crippen LogP contribution in [-0.4, -0.2) is 24.7 Å². The van der Waals surface area contributed by atoms with E-state index in [1.165, 1.54) is 0 Å². The standard InChI is InChI=1S/C17H18BrNO3/c1-22-13-7-8-15(18)14(11-13)17(21)19-10-9-16(20)12-5-3-2-4-6-12/h2-8,11,16,20H,9-10H2,1H3,(H,19,21)/t16-/m0/s1. The third kappa shape index (κ3) is 4.32. The zero-order valence-corrected chi connectivity index (χ0v) is 13.8. The summed E-state index contributed by atoms with van der Waals surface area (Å²) in [5, 5.41) is 12.9. The van der Waals surface area contributed by atoms with Crippen molar-refractivity contribution >= 4 is 21.8 Å². The number of amides is 1. The highest BCUT2D eigenvalue weighted by Gasteiger charge is 2.12. The van der Waals surface area contributed by atoms with Gasteiger partial charge in [0.15, 0.2) is 0 Å². The number of aliphatic hydroxyl groups excluding tert-OH is 1. The number of carbonyl (C=O) groups excluding carboxylic acids is 1. The molecule has 0 unspecified atom stereocenters. The summed E-state index contributed by atoms with van der Waals surface area (Å²) in [6.45, 7) is 0.387. The molecule has 0 aromatic heterocycles. The van der Waals surface area contributed by atoms with Gasteiger partial charge in [0.05, 0.1) is 18.8 Å². The van der Waals surface area contributed by atoms with Crippen LogP contribution in [0, 0.1) is 0 Å². The third-order valence-corrected chi connectivity index (χ3v) is 4.00. The van der Waals surface area contributed by atoms with Crippen molar-refractivity contribution in [2.75, 3.05) is 13.7 Å². The fourth-order valence-electron chi connectivity index (χ4n) is 2.06. The number of methoxy groups -OCH3 is 1. The maximum atomic E-state index is 12.2. The van der Waals surface area contributed by atoms with Crippen molar-refractivity contribution in [3.8, 4) is 5.75 Å². The second kappa shape index (κ2) is 7.96. The highest BCUT2D eigenvalue weighted by molar-refractivity contribution is 9.10. The molecule has 5 heteroatoms. The zero-order valence-electron chi connectivity index (χ0n) is 12.3. The van der Waals surface area contributed by atoms with Gasteiger partial charge < -0.3 is 15.2 Å². The average molecular weight is 364 g/mol. The maximum absolute atomic E-state index is 12.2. The molecule has 1 atom stereocenters. The van der Waals surface area contributed by atoms with Crippen molar-refractivity contribution in [2.45, 2.75) is 12.5 Å². The molecule has 4 nitrogen and oxygen atoms in total. The van der Waals surface area contributed by atoms with Crippen LogP contribution < -0.4 is 10.1 Å². The summed E-state index contributed by atoms with van der Waals surface area (Å²) in [7, 11) is 1.56. The van der Waals surface area contributed by atoms with E-state index in [0.29, 0.717) is 28.8 Å². The Hall–Kier alpha value is -1.85. The van der Waals surface area contributed by atoms with Gasteiger partial charge in [-0.1, -0.05) is 30.3 Å². The molecule has 0 heterocycles. The van der Waals surface area contributed by atoms with Crippen LogP contribution in [0.25, 0.3) is 0 Å². The number of benzene rings is 2. The number of hydrogen-bond donors (Lipinski definition) is 2. The Kier molecular flexibility index (Phi) is 5.98. The zero-order chi connectivity index (χ0) is 15.9. The summed E-state index contributed by atoms with van der Waals surface area (Å²) in [6, 6.07) is 14.6. The maximum Gasteiger partial charge on any atom is 0.252 e. The van der Waals surface area contributed by atoms with Gasteiger partial charge in [0.1, 0.15) is 5.75 Å². The van der Waals surface area contributed by atoms with Gasteiger partial charge in [0.25, 0.3) is 5.91 Å². The molecule has 116 valence electrons. The van der Waals surface area contributed by atoms with E-state index in [0.717, 1.165) is 5.56 Å². The molecule has 0 bridgehead atoms. The Morgan fingerprint density at radius 3 is 2.68 bits per heavy atom. The van der Waals surface area contributed by atoms with Gasteiger partial charge in [0.2, 0.25) is 0 Å². The summed E-state index contributed by atoms with van der Waals surface area (Å²) >= 11 is 3.35. The fraction of sp³-hybridized carbons (Fsp3) is 0.235. The Bertz CT molecular complexity index is 631. The van der Waals surface area contributed by atoms with Crippen LogP contribution in [0.3, 0.4) is 0 Å². The summed E-state index contributed by atoms with van der Waals surface area (Å²) in [5.74, 6) is 0.420. The van der Waals surface area contributed by atoms with Gasteiger partial charge in [-0.2, -0.15) is 0 Å². The normalized spacial score (nSPS) is 11.8. The van der Waals surface area contributed by atoms with Crippen LogP contribution in [0.5, 0.6) is 5.75 Å². The summed E-state index contributed by atoms with van der Waals surface area (Å²) in [4.78, 5) is 12.2. The van der Waals surface area contributed by atoms with Crippen molar-refractivity contribution in [3.63, 3.8) is 0 Å². The predicted octanol–water partition coefficient (Wildman–Crippen LogP) is 3.31. The fourth-order valence-corrected chi connectivity index (χ4v) is 2.49. The van der Waals surface area contributed by atoms with Crippen LogP contribution >= 0.6 is 15.9 Å². The predicted molar refractivity (Wildman–Crippen MR) is 89.0 cm³/mol. The van der Waals surface area contributed by atoms with Crippen LogP contribution in [0.2, 0.25) is 0 Å². The summed E-state index contributed by atoms with van der Waals surface area (Å²) in [5.41, 5.74) is 1.35. The van der Waals surface area contributed by atoms with E-state index in [-0.39, 0.29) is 5.91 Å². The Morgan fingerprint density at radius 1 is 1.27 bits per heavy atom. The first-order chi connectivity index (χ1) is 10.6. The second-order valence-electron chi connectivity index (χ2n) is 4.82. The van der Waals surface area contributed by atoms with E-state index < -0.39 is 6.10 Å². The van der Waals surface area contributed by atoms with Crippen molar-refractivity contribution in [1.29, 1.82) is 0 Å². The first-order valence-corrected chi connectivity index (χ1v) is 7.76. The number of aliphatic hydroxyl groups is 1. The van der Waals surface area contributed by atoms with Gasteiger partial charge in [0, 0.05) is 11.0 Å². The van der Waals surface area contributed by atoms with Crippen LogP contribution in [0.1, 0.15) is 28.4 Å². The van der Waals surface area contributed by atoms with E-state index in [4.69, 9.17) is 4.74 Å². The summed E-state index contributed by atoms with van der Waals surface area (Å²) in [6.07, 6.45) is -0.132. The van der Waals surface area contributed by atoms with Crippen molar-refractivity contribution in [1.82, 2.24) is 5.32 Å². The SMILES string of the molecule is COc1ccc(Br)c(C(=O)NCC[C@H](O)c2ccccc2)c1. The number of halogens is 1. The molecule has 0 saturated carbocycles. The largest absolute Gasteiger partial charge is 0.497 e. The Labute approximate surface area is 138 Å². The van der Waals surface area contributed by atoms with E-state index in [9.17, 15) is 9.90 Å². The van der Waals surface area contributed by atoms with Gasteiger partial charge in [-0.05, 0) is 46.1 Å². The molecular weight excluding hydrogens is 346 g/mol. The molecule has 22 heavy (non-hydrogen) atoms. The molecule has 0 aliphatic heterocycles. The Balaban J connectivity index is 1.90. The number of nitrogens with one attached hydrogen (secondary N) is 1. The average Bonchev–Trinajstić information content (AvgIpc) is 2.55. The minimum absolute atomic E-state index is 0.203. The van der Waals surface area contributed by atoms with Crippen molar-refractivity contribution in [3.05, 3.63) is 64.1 Å². The van der Waals surface area contributed by atoms with E-state index >= 15 is 0 Å². The van der Waals surface area contributed by atoms with Crippen LogP contribution in [-0.2, 0) is 0 Å². The molecule has 0 fully saturated rings. The van der Waals surface area contributed by atoms with Gasteiger partial charge in [-0.25, -0.2) is 0 Å². The third-order valence-electron chi connectivity index (χ3n) is 3.31. The number of carbonyl (C=O) groups is 1. The molecule has 2 aromatic rings. The molecule has 0 radical (unpaired) electrons. The summed E-state index contributed by atoms with van der Waals surface area (Å²) < 4.78 is 5.82. The second-order valence-corrected chi connectivity index (χ2v) is 5.67. The van der Waals surface area contributed by atoms with Gasteiger partial charge in [-0.15, -0.1) is 0 Å². The first-order valence-electron chi connectivity index (χ1n) is 6.96. The molecule has 0 aliphatic rings. The monoisotopic (exact) mass is 363 g/mol. The minimum Gasteiger partial charge on any atom is -0.497 e. The van der Waals surface area contributed by atoms with Gasteiger partial charge in [-0.3, -0.25) is 4.79 Å². The molecule has 2 rings (SSSR count). The quantitative estimate of drug-likeness (QED) is 0.827. The first kappa shape index (κ1) is 16.5. The van der Waals surface area contributed by atoms with E-state index in [1.54, 1.807) is 25.3 Å². The smallest absolute Gasteiger partial charge is 0.252 e. The lowest BCUT2D eigenvalue weighted by atomic mass is 10.1. The van der Waals surface area contributed by atoms with E-state index in [2.05, 4.69) is 21.2 Å². The van der Waals surface area contributed by atoms with Crippen LogP contribution in [0.4, 0.5) is 0 Å². The number of hydrogen-bond acceptors (Lipinski definition) is 3. The lowest BCUT2D eigenvalue weighted by Crippen LogP contribution is -2.26. The lowest BCUT2D eigenvalue weighted by Gasteiger charge is -2.12. The van der Waals surface area contributed by atoms with Crippen molar-refractivity contribution < 1.29 is 14.6 Å². The van der Waals surface area contributed by atoms with Crippen molar-refractivity contribution in [2.24, 2.45) is 0 Å². The van der Waals surface area contributed by atoms with E-state index in [1.807, 2.05) is 30.3 Å². The molecule has 0 spiro atoms. The number of ether oxygens (including phenoxy) is 1. The molecule has 2 N–H and O–H groups in total. The molecule has 0 aliphatic carbocycles. The van der Waals surface area contributed by atoms with Crippen LogP contribution in [0.15, 0.2) is 53.0 Å². The number of rotatable bonds is 6. The minimum atomic E-state index is -0.588. The highest BCUT2D eigenvalue weighted by atomic mass is 79.9. The molecular formula is C17H18BrNO3. The molecule has 2 aromatic carbocycles.